The first kappa shape index (κ1) is 21.9. The van der Waals surface area contributed by atoms with Gasteiger partial charge in [-0.15, -0.1) is 0 Å². The van der Waals surface area contributed by atoms with Crippen LogP contribution in [0.4, 0.5) is 5.69 Å². The molecule has 2 amide bonds. The number of hydrogen-bond acceptors (Lipinski definition) is 4. The highest BCUT2D eigenvalue weighted by Crippen LogP contribution is 2.34. The molecular weight excluding hydrogens is 429 g/mol. The van der Waals surface area contributed by atoms with Crippen molar-refractivity contribution in [2.75, 3.05) is 0 Å². The quantitative estimate of drug-likeness (QED) is 0.403. The van der Waals surface area contributed by atoms with Crippen molar-refractivity contribution in [3.05, 3.63) is 72.7 Å². The molecule has 28 heavy (non-hydrogen) atoms. The molecule has 0 aliphatic rings. The summed E-state index contributed by atoms with van der Waals surface area (Å²) < 4.78 is 0. The minimum absolute atomic E-state index is 0.00747. The van der Waals surface area contributed by atoms with Gasteiger partial charge >= 0.3 is 0 Å². The Hall–Kier alpha value is -2.35. The van der Waals surface area contributed by atoms with E-state index >= 15 is 0 Å². The monoisotopic (exact) mass is 443 g/mol. The molecule has 0 bridgehead atoms. The number of halogens is 3. The summed E-state index contributed by atoms with van der Waals surface area (Å²) in [6.07, 6.45) is 0. The Kier molecular flexibility index (Phi) is 6.54. The highest BCUT2D eigenvalue weighted by Gasteiger charge is 2.32. The van der Waals surface area contributed by atoms with Gasteiger partial charge in [0.05, 0.1) is 31.1 Å². The summed E-state index contributed by atoms with van der Waals surface area (Å²) in [5.41, 5.74) is 1.01. The van der Waals surface area contributed by atoms with Crippen LogP contribution in [0.5, 0.6) is 0 Å². The summed E-state index contributed by atoms with van der Waals surface area (Å²) in [5.74, 6) is -1.46. The van der Waals surface area contributed by atoms with Crippen LogP contribution in [0.15, 0.2) is 36.4 Å². The molecule has 2 aromatic rings. The molecule has 0 spiro atoms. The molecule has 1 N–H and O–H groups in total. The van der Waals surface area contributed by atoms with Crippen molar-refractivity contribution in [2.45, 2.75) is 26.3 Å². The maximum atomic E-state index is 13.1. The lowest BCUT2D eigenvalue weighted by atomic mass is 10.1. The van der Waals surface area contributed by atoms with Crippen LogP contribution in [0.2, 0.25) is 15.1 Å². The number of hydrogen-bond donors (Lipinski definition) is 1. The summed E-state index contributed by atoms with van der Waals surface area (Å²) in [4.78, 5) is 36.2. The summed E-state index contributed by atoms with van der Waals surface area (Å²) in [5, 5.41) is 12.3. The molecule has 10 heteroatoms. The lowest BCUT2D eigenvalue weighted by molar-refractivity contribution is -0.385. The Morgan fingerprint density at radius 3 is 2.18 bits per heavy atom. The highest BCUT2D eigenvalue weighted by atomic mass is 35.5. The molecule has 148 valence electrons. The second-order valence-corrected chi connectivity index (χ2v) is 7.91. The first-order valence-electron chi connectivity index (χ1n) is 7.97. The predicted molar refractivity (Wildman–Crippen MR) is 108 cm³/mol. The number of rotatable bonds is 3. The molecular formula is C18H16Cl3N3O4. The zero-order valence-corrected chi connectivity index (χ0v) is 17.4. The highest BCUT2D eigenvalue weighted by molar-refractivity contribution is 6.49. The van der Waals surface area contributed by atoms with E-state index in [1.165, 1.54) is 36.4 Å². The van der Waals surface area contributed by atoms with Crippen LogP contribution < -0.4 is 5.43 Å². The number of carbonyl (C=O) groups is 2. The molecule has 0 aliphatic heterocycles. The number of nitro benzene ring substituents is 1. The van der Waals surface area contributed by atoms with Gasteiger partial charge in [0, 0.05) is 6.07 Å². The van der Waals surface area contributed by atoms with E-state index in [1.54, 1.807) is 20.8 Å². The maximum absolute atomic E-state index is 13.1. The van der Waals surface area contributed by atoms with Gasteiger partial charge in [-0.3, -0.25) is 25.1 Å². The van der Waals surface area contributed by atoms with E-state index in [4.69, 9.17) is 34.8 Å². The van der Waals surface area contributed by atoms with Gasteiger partial charge in [0.25, 0.3) is 17.5 Å². The zero-order chi connectivity index (χ0) is 21.2. The third kappa shape index (κ3) is 4.55. The van der Waals surface area contributed by atoms with E-state index in [9.17, 15) is 19.7 Å². The van der Waals surface area contributed by atoms with Crippen LogP contribution in [-0.2, 0) is 0 Å². The van der Waals surface area contributed by atoms with E-state index in [-0.39, 0.29) is 31.9 Å². The topological polar surface area (TPSA) is 92.6 Å². The van der Waals surface area contributed by atoms with Gasteiger partial charge in [0.15, 0.2) is 0 Å². The minimum atomic E-state index is -0.883. The van der Waals surface area contributed by atoms with Crippen molar-refractivity contribution >= 4 is 52.3 Å². The smallest absolute Gasteiger partial charge is 0.267 e. The van der Waals surface area contributed by atoms with Gasteiger partial charge in [-0.1, -0.05) is 46.9 Å². The van der Waals surface area contributed by atoms with E-state index < -0.39 is 22.3 Å². The van der Waals surface area contributed by atoms with Gasteiger partial charge in [-0.25, -0.2) is 5.01 Å². The van der Waals surface area contributed by atoms with Crippen LogP contribution in [-0.4, -0.2) is 27.3 Å². The minimum Gasteiger partial charge on any atom is -0.267 e. The van der Waals surface area contributed by atoms with Crippen LogP contribution in [0.3, 0.4) is 0 Å². The van der Waals surface area contributed by atoms with Crippen LogP contribution in [0, 0.1) is 10.1 Å². The Bertz CT molecular complexity index is 958. The molecule has 0 saturated heterocycles. The fourth-order valence-corrected chi connectivity index (χ4v) is 2.94. The van der Waals surface area contributed by atoms with Crippen LogP contribution >= 0.6 is 34.8 Å². The van der Waals surface area contributed by atoms with Crippen molar-refractivity contribution in [2.24, 2.45) is 0 Å². The molecule has 2 aromatic carbocycles. The average Bonchev–Trinajstić information content (AvgIpc) is 2.62. The van der Waals surface area contributed by atoms with Crippen molar-refractivity contribution < 1.29 is 14.5 Å². The summed E-state index contributed by atoms with van der Waals surface area (Å²) in [6.45, 7) is 5.03. The van der Waals surface area contributed by atoms with Crippen molar-refractivity contribution in [1.82, 2.24) is 10.4 Å². The number of para-hydroxylation sites is 1. The molecule has 0 fully saturated rings. The van der Waals surface area contributed by atoms with E-state index in [2.05, 4.69) is 5.43 Å². The first-order valence-corrected chi connectivity index (χ1v) is 9.11. The number of nitrogens with zero attached hydrogens (tertiary/aromatic N) is 2. The molecule has 2 rings (SSSR count). The normalized spacial score (nSPS) is 11.1. The molecule has 0 atom stereocenters. The number of nitrogens with one attached hydrogen (secondary N) is 1. The van der Waals surface area contributed by atoms with Gasteiger partial charge in [-0.2, -0.15) is 0 Å². The number of amides is 2. The average molecular weight is 445 g/mol. The van der Waals surface area contributed by atoms with Crippen LogP contribution in [0.1, 0.15) is 41.5 Å². The maximum Gasteiger partial charge on any atom is 0.282 e. The molecule has 7 nitrogen and oxygen atoms in total. The predicted octanol–water partition coefficient (Wildman–Crippen LogP) is 5.14. The fourth-order valence-electron chi connectivity index (χ4n) is 2.32. The number of hydrazine groups is 1. The Balaban J connectivity index is 2.44. The molecule has 0 radical (unpaired) electrons. The van der Waals surface area contributed by atoms with Gasteiger partial charge in [-0.05, 0) is 39.0 Å². The molecule has 0 aromatic heterocycles. The van der Waals surface area contributed by atoms with Gasteiger partial charge in [0.2, 0.25) is 0 Å². The fraction of sp³-hybridized carbons (Fsp3) is 0.222. The Morgan fingerprint density at radius 2 is 1.61 bits per heavy atom. The molecule has 0 unspecified atom stereocenters. The standard InChI is InChI=1S/C18H16Cl3N3O4/c1-18(2,3)23(17(26)11-8-9-12(19)15(21)14(11)20)22-16(25)10-6-4-5-7-13(10)24(27)28/h4-9H,1-3H3,(H,22,25). The van der Waals surface area contributed by atoms with Gasteiger partial charge < -0.3 is 0 Å². The summed E-state index contributed by atoms with van der Waals surface area (Å²) in [6, 6.07) is 8.22. The van der Waals surface area contributed by atoms with Crippen molar-refractivity contribution in [3.63, 3.8) is 0 Å². The van der Waals surface area contributed by atoms with Crippen LogP contribution in [0.25, 0.3) is 0 Å². The second-order valence-electron chi connectivity index (χ2n) is 6.75. The largest absolute Gasteiger partial charge is 0.282 e. The Morgan fingerprint density at radius 1 is 1.00 bits per heavy atom. The second kappa shape index (κ2) is 8.34. The summed E-state index contributed by atoms with van der Waals surface area (Å²) in [7, 11) is 0. The third-order valence-corrected chi connectivity index (χ3v) is 4.99. The van der Waals surface area contributed by atoms with Crippen molar-refractivity contribution in [1.29, 1.82) is 0 Å². The van der Waals surface area contributed by atoms with E-state index in [0.29, 0.717) is 0 Å². The lowest BCUT2D eigenvalue weighted by Gasteiger charge is -2.35. The molecule has 0 heterocycles. The number of carbonyl (C=O) groups excluding carboxylic acids is 2. The van der Waals surface area contributed by atoms with E-state index in [1.807, 2.05) is 0 Å². The zero-order valence-electron chi connectivity index (χ0n) is 15.1. The van der Waals surface area contributed by atoms with Crippen molar-refractivity contribution in [3.8, 4) is 0 Å². The molecule has 0 aliphatic carbocycles. The lowest BCUT2D eigenvalue weighted by Crippen LogP contribution is -2.56. The third-order valence-electron chi connectivity index (χ3n) is 3.70. The van der Waals surface area contributed by atoms with E-state index in [0.717, 1.165) is 5.01 Å². The van der Waals surface area contributed by atoms with Gasteiger partial charge in [0.1, 0.15) is 5.56 Å². The number of nitro groups is 1. The Labute approximate surface area is 176 Å². The summed E-state index contributed by atoms with van der Waals surface area (Å²) >= 11 is 18.0. The first-order chi connectivity index (χ1) is 12.9. The SMILES string of the molecule is CC(C)(C)N(NC(=O)c1ccccc1[N+](=O)[O-])C(=O)c1ccc(Cl)c(Cl)c1Cl. The number of benzene rings is 2. The molecule has 0 saturated carbocycles.